The lowest BCUT2D eigenvalue weighted by Gasteiger charge is -2.09. The van der Waals surface area contributed by atoms with E-state index in [0.717, 1.165) is 34.5 Å². The Morgan fingerprint density at radius 2 is 2.10 bits per heavy atom. The van der Waals surface area contributed by atoms with Crippen LogP contribution in [-0.4, -0.2) is 32.0 Å². The molecule has 0 atom stereocenters. The Morgan fingerprint density at radius 3 is 2.90 bits per heavy atom. The van der Waals surface area contributed by atoms with Crippen molar-refractivity contribution in [2.75, 3.05) is 6.54 Å². The van der Waals surface area contributed by atoms with Crippen molar-refractivity contribution in [1.29, 1.82) is 0 Å². The van der Waals surface area contributed by atoms with Gasteiger partial charge in [0.05, 0.1) is 26.2 Å². The van der Waals surface area contributed by atoms with Crippen LogP contribution >= 0.6 is 11.3 Å². The smallest absolute Gasteiger partial charge is 0.329 e. The number of amides is 1. The Kier molecular flexibility index (Phi) is 5.71. The molecule has 154 valence electrons. The number of carbonyl (C=O) groups is 1. The van der Waals surface area contributed by atoms with Gasteiger partial charge in [-0.1, -0.05) is 19.1 Å². The molecule has 2 N–H and O–H groups in total. The summed E-state index contributed by atoms with van der Waals surface area (Å²) in [7, 11) is 0. The Hall–Kier alpha value is -3.33. The minimum atomic E-state index is -0.541. The van der Waals surface area contributed by atoms with Gasteiger partial charge in [-0.25, -0.2) is 14.8 Å². The van der Waals surface area contributed by atoms with E-state index in [1.807, 2.05) is 31.2 Å². The summed E-state index contributed by atoms with van der Waals surface area (Å²) in [5.74, 6) is -0.304. The van der Waals surface area contributed by atoms with E-state index in [-0.39, 0.29) is 22.5 Å². The van der Waals surface area contributed by atoms with Gasteiger partial charge in [-0.3, -0.25) is 19.1 Å². The minimum Gasteiger partial charge on any atom is -0.352 e. The van der Waals surface area contributed by atoms with Crippen molar-refractivity contribution in [2.24, 2.45) is 0 Å². The van der Waals surface area contributed by atoms with E-state index in [1.165, 1.54) is 16.8 Å². The molecule has 0 saturated heterocycles. The van der Waals surface area contributed by atoms with E-state index in [9.17, 15) is 14.4 Å². The quantitative estimate of drug-likeness (QED) is 0.444. The SMILES string of the molecule is CCCn1c(=O)[nH]c(=O)c2cc(C(=O)NCCCc3nc4ccccc4s3)cnc21. The van der Waals surface area contributed by atoms with E-state index in [4.69, 9.17) is 0 Å². The standard InChI is InChI=1S/C21H21N5O3S/c1-2-10-26-18-14(20(28)25-21(26)29)11-13(12-23-18)19(27)22-9-5-8-17-24-15-6-3-4-7-16(15)30-17/h3-4,6-7,11-12H,2,5,8-10H2,1H3,(H,22,27)(H,25,28,29). The van der Waals surface area contributed by atoms with Gasteiger partial charge in [-0.05, 0) is 31.0 Å². The van der Waals surface area contributed by atoms with E-state index < -0.39 is 11.2 Å². The van der Waals surface area contributed by atoms with Crippen LogP contribution in [0.1, 0.15) is 35.1 Å². The topological polar surface area (TPSA) is 110 Å². The number of thiazole rings is 1. The van der Waals surface area contributed by atoms with Crippen molar-refractivity contribution in [2.45, 2.75) is 32.7 Å². The number of carbonyl (C=O) groups excluding carboxylic acids is 1. The molecule has 3 heterocycles. The molecule has 0 aliphatic rings. The zero-order chi connectivity index (χ0) is 21.1. The summed E-state index contributed by atoms with van der Waals surface area (Å²) in [6.07, 6.45) is 3.65. The number of hydrogen-bond donors (Lipinski definition) is 2. The second-order valence-corrected chi connectivity index (χ2v) is 8.06. The molecule has 0 saturated carbocycles. The summed E-state index contributed by atoms with van der Waals surface area (Å²) in [5.41, 5.74) is 0.539. The van der Waals surface area contributed by atoms with Crippen molar-refractivity contribution < 1.29 is 4.79 Å². The summed E-state index contributed by atoms with van der Waals surface area (Å²) in [4.78, 5) is 47.8. The van der Waals surface area contributed by atoms with Gasteiger partial charge in [0.2, 0.25) is 0 Å². The van der Waals surface area contributed by atoms with E-state index in [1.54, 1.807) is 11.3 Å². The molecule has 0 spiro atoms. The summed E-state index contributed by atoms with van der Waals surface area (Å²) in [6, 6.07) is 9.49. The minimum absolute atomic E-state index is 0.227. The maximum Gasteiger partial charge on any atom is 0.329 e. The average molecular weight is 423 g/mol. The summed E-state index contributed by atoms with van der Waals surface area (Å²) >= 11 is 1.66. The van der Waals surface area contributed by atoms with Crippen molar-refractivity contribution in [3.05, 3.63) is 67.9 Å². The van der Waals surface area contributed by atoms with Crippen molar-refractivity contribution in [3.63, 3.8) is 0 Å². The van der Waals surface area contributed by atoms with Gasteiger partial charge in [0.15, 0.2) is 0 Å². The number of para-hydroxylation sites is 1. The lowest BCUT2D eigenvalue weighted by Crippen LogP contribution is -2.31. The highest BCUT2D eigenvalue weighted by molar-refractivity contribution is 7.18. The number of rotatable bonds is 7. The summed E-state index contributed by atoms with van der Waals surface area (Å²) in [6.45, 7) is 2.86. The van der Waals surface area contributed by atoms with Crippen LogP contribution in [0.5, 0.6) is 0 Å². The zero-order valence-electron chi connectivity index (χ0n) is 16.5. The van der Waals surface area contributed by atoms with Gasteiger partial charge in [0.25, 0.3) is 11.5 Å². The van der Waals surface area contributed by atoms with Crippen molar-refractivity contribution >= 4 is 38.5 Å². The largest absolute Gasteiger partial charge is 0.352 e. The normalized spacial score (nSPS) is 11.2. The number of aryl methyl sites for hydroxylation is 2. The highest BCUT2D eigenvalue weighted by Gasteiger charge is 2.13. The van der Waals surface area contributed by atoms with Gasteiger partial charge in [0.1, 0.15) is 5.65 Å². The molecule has 30 heavy (non-hydrogen) atoms. The molecule has 3 aromatic heterocycles. The van der Waals surface area contributed by atoms with Crippen LogP contribution in [0.25, 0.3) is 21.3 Å². The number of H-pyrrole nitrogens is 1. The number of benzene rings is 1. The molecule has 0 radical (unpaired) electrons. The molecule has 0 unspecified atom stereocenters. The van der Waals surface area contributed by atoms with Crippen LogP contribution in [0.3, 0.4) is 0 Å². The fourth-order valence-corrected chi connectivity index (χ4v) is 4.30. The summed E-state index contributed by atoms with van der Waals surface area (Å²) < 4.78 is 2.57. The number of fused-ring (bicyclic) bond motifs is 2. The van der Waals surface area contributed by atoms with Crippen molar-refractivity contribution in [3.8, 4) is 0 Å². The Balaban J connectivity index is 1.42. The molecular weight excluding hydrogens is 402 g/mol. The Bertz CT molecular complexity index is 1300. The second-order valence-electron chi connectivity index (χ2n) is 6.94. The second kappa shape index (κ2) is 8.58. The molecule has 1 amide bonds. The highest BCUT2D eigenvalue weighted by atomic mass is 32.1. The van der Waals surface area contributed by atoms with Crippen LogP contribution < -0.4 is 16.6 Å². The lowest BCUT2D eigenvalue weighted by molar-refractivity contribution is 0.0953. The molecule has 1 aromatic carbocycles. The van der Waals surface area contributed by atoms with Crippen LogP contribution in [0, 0.1) is 0 Å². The van der Waals surface area contributed by atoms with Crippen molar-refractivity contribution in [1.82, 2.24) is 24.8 Å². The maximum atomic E-state index is 12.5. The first-order chi connectivity index (χ1) is 14.6. The number of aromatic nitrogens is 4. The molecule has 9 heteroatoms. The van der Waals surface area contributed by atoms with E-state index >= 15 is 0 Å². The molecule has 4 aromatic rings. The predicted octanol–water partition coefficient (Wildman–Crippen LogP) is 2.47. The van der Waals surface area contributed by atoms with Gasteiger partial charge < -0.3 is 5.32 Å². The molecule has 4 rings (SSSR count). The number of pyridine rings is 1. The predicted molar refractivity (Wildman–Crippen MR) is 117 cm³/mol. The van der Waals surface area contributed by atoms with E-state index in [0.29, 0.717) is 13.1 Å². The third-order valence-electron chi connectivity index (χ3n) is 4.73. The number of nitrogens with zero attached hydrogens (tertiary/aromatic N) is 3. The molecular formula is C21H21N5O3S. The third kappa shape index (κ3) is 4.02. The highest BCUT2D eigenvalue weighted by Crippen LogP contribution is 2.22. The molecule has 0 bridgehead atoms. The first kappa shape index (κ1) is 20.0. The Labute approximate surface area is 175 Å². The summed E-state index contributed by atoms with van der Waals surface area (Å²) in [5, 5.41) is 4.12. The number of aromatic amines is 1. The third-order valence-corrected chi connectivity index (χ3v) is 5.83. The first-order valence-electron chi connectivity index (χ1n) is 9.82. The lowest BCUT2D eigenvalue weighted by atomic mass is 10.2. The first-order valence-corrected chi connectivity index (χ1v) is 10.6. The maximum absolute atomic E-state index is 12.5. The fourth-order valence-electron chi connectivity index (χ4n) is 3.29. The molecule has 0 fully saturated rings. The fraction of sp³-hybridized carbons (Fsp3) is 0.286. The molecule has 0 aliphatic heterocycles. The van der Waals surface area contributed by atoms with Crippen LogP contribution in [0.2, 0.25) is 0 Å². The van der Waals surface area contributed by atoms with Gasteiger partial charge in [-0.15, -0.1) is 11.3 Å². The van der Waals surface area contributed by atoms with Crippen LogP contribution in [-0.2, 0) is 13.0 Å². The number of hydrogen-bond acceptors (Lipinski definition) is 6. The average Bonchev–Trinajstić information content (AvgIpc) is 3.16. The van der Waals surface area contributed by atoms with Crippen LogP contribution in [0.4, 0.5) is 0 Å². The van der Waals surface area contributed by atoms with E-state index in [2.05, 4.69) is 20.3 Å². The zero-order valence-corrected chi connectivity index (χ0v) is 17.3. The van der Waals surface area contributed by atoms with Gasteiger partial charge in [-0.2, -0.15) is 0 Å². The monoisotopic (exact) mass is 423 g/mol. The molecule has 8 nitrogen and oxygen atoms in total. The number of nitrogens with one attached hydrogen (secondary N) is 2. The molecule has 0 aliphatic carbocycles. The van der Waals surface area contributed by atoms with Gasteiger partial charge in [0, 0.05) is 25.7 Å². The Morgan fingerprint density at radius 1 is 1.27 bits per heavy atom. The van der Waals surface area contributed by atoms with Gasteiger partial charge >= 0.3 is 5.69 Å². The van der Waals surface area contributed by atoms with Crippen LogP contribution in [0.15, 0.2) is 46.1 Å².